The van der Waals surface area contributed by atoms with Gasteiger partial charge >= 0.3 is 5.97 Å². The Labute approximate surface area is 155 Å². The molecule has 0 saturated heterocycles. The maximum Gasteiger partial charge on any atom is 0.338 e. The third-order valence-electron chi connectivity index (χ3n) is 3.79. The summed E-state index contributed by atoms with van der Waals surface area (Å²) in [5.41, 5.74) is 1.55. The Morgan fingerprint density at radius 2 is 1.77 bits per heavy atom. The number of ether oxygens (including phenoxy) is 2. The monoisotopic (exact) mass is 369 g/mol. The third-order valence-corrected chi connectivity index (χ3v) is 4.09. The number of rotatable bonds is 6. The number of carbonyl (C=O) groups is 2. The van der Waals surface area contributed by atoms with Gasteiger partial charge in [-0.05, 0) is 48.5 Å². The van der Waals surface area contributed by atoms with Crippen LogP contribution in [0.5, 0.6) is 5.75 Å². The minimum Gasteiger partial charge on any atom is -0.495 e. The topological polar surface area (TPSA) is 57.5 Å². The first-order valence-corrected chi connectivity index (χ1v) is 8.23. The van der Waals surface area contributed by atoms with Crippen LogP contribution in [0.3, 0.4) is 0 Å². The Balaban J connectivity index is 1.66. The molecule has 0 radical (unpaired) electrons. The number of benzene rings is 2. The molecule has 0 aliphatic rings. The van der Waals surface area contributed by atoms with Crippen LogP contribution in [0.4, 0.5) is 0 Å². The van der Waals surface area contributed by atoms with Crippen LogP contribution in [-0.4, -0.2) is 30.0 Å². The minimum atomic E-state index is -0.563. The molecule has 26 heavy (non-hydrogen) atoms. The first-order valence-electron chi connectivity index (χ1n) is 7.86. The van der Waals surface area contributed by atoms with Gasteiger partial charge in [0, 0.05) is 23.6 Å². The first-order chi connectivity index (χ1) is 12.6. The van der Waals surface area contributed by atoms with E-state index in [1.54, 1.807) is 30.3 Å². The number of aromatic nitrogens is 1. The van der Waals surface area contributed by atoms with E-state index in [2.05, 4.69) is 0 Å². The lowest BCUT2D eigenvalue weighted by Crippen LogP contribution is -2.14. The fraction of sp³-hybridized carbons (Fsp3) is 0.100. The van der Waals surface area contributed by atoms with Crippen LogP contribution in [0.2, 0.25) is 5.02 Å². The van der Waals surface area contributed by atoms with Crippen molar-refractivity contribution in [3.8, 4) is 11.4 Å². The van der Waals surface area contributed by atoms with Gasteiger partial charge in [-0.15, -0.1) is 0 Å². The quantitative estimate of drug-likeness (QED) is 0.483. The second kappa shape index (κ2) is 7.89. The Bertz CT molecular complexity index is 935. The predicted molar refractivity (Wildman–Crippen MR) is 98.4 cm³/mol. The van der Waals surface area contributed by atoms with Crippen LogP contribution < -0.4 is 4.74 Å². The van der Waals surface area contributed by atoms with E-state index in [0.29, 0.717) is 21.9 Å². The zero-order valence-electron chi connectivity index (χ0n) is 14.0. The highest BCUT2D eigenvalue weighted by molar-refractivity contribution is 6.32. The van der Waals surface area contributed by atoms with Gasteiger partial charge in [0.1, 0.15) is 5.75 Å². The van der Waals surface area contributed by atoms with Gasteiger partial charge in [-0.2, -0.15) is 0 Å². The minimum absolute atomic E-state index is 0.323. The lowest BCUT2D eigenvalue weighted by Gasteiger charge is -2.08. The maximum absolute atomic E-state index is 12.2. The number of methoxy groups -OCH3 is 1. The summed E-state index contributed by atoms with van der Waals surface area (Å²) in [7, 11) is 1.49. The van der Waals surface area contributed by atoms with E-state index < -0.39 is 5.97 Å². The number of esters is 1. The standard InChI is InChI=1S/C20H16ClNO4/c1-25-19-8-7-14(12-17(19)21)18(23)13-26-20(24)15-5-4-6-16(11-15)22-9-2-3-10-22/h2-12H,13H2,1H3. The fourth-order valence-corrected chi connectivity index (χ4v) is 2.70. The molecule has 0 saturated carbocycles. The van der Waals surface area contributed by atoms with E-state index in [1.165, 1.54) is 13.2 Å². The molecule has 0 N–H and O–H groups in total. The van der Waals surface area contributed by atoms with Crippen LogP contribution in [0.25, 0.3) is 5.69 Å². The van der Waals surface area contributed by atoms with Gasteiger partial charge in [0.05, 0.1) is 17.7 Å². The zero-order chi connectivity index (χ0) is 18.5. The zero-order valence-corrected chi connectivity index (χ0v) is 14.8. The second-order valence-electron chi connectivity index (χ2n) is 5.49. The van der Waals surface area contributed by atoms with Gasteiger partial charge in [-0.3, -0.25) is 4.79 Å². The van der Waals surface area contributed by atoms with Crippen LogP contribution >= 0.6 is 11.6 Å². The van der Waals surface area contributed by atoms with Crippen molar-refractivity contribution in [1.82, 2.24) is 4.57 Å². The molecule has 0 fully saturated rings. The van der Waals surface area contributed by atoms with Crippen LogP contribution in [0.1, 0.15) is 20.7 Å². The van der Waals surface area contributed by atoms with Gasteiger partial charge in [-0.25, -0.2) is 4.79 Å². The molecule has 0 spiro atoms. The predicted octanol–water partition coefficient (Wildman–Crippen LogP) is 4.18. The third kappa shape index (κ3) is 3.95. The highest BCUT2D eigenvalue weighted by Crippen LogP contribution is 2.25. The highest BCUT2D eigenvalue weighted by atomic mass is 35.5. The van der Waals surface area contributed by atoms with Crippen molar-refractivity contribution in [3.63, 3.8) is 0 Å². The van der Waals surface area contributed by atoms with E-state index in [9.17, 15) is 9.59 Å². The summed E-state index contributed by atoms with van der Waals surface area (Å²) < 4.78 is 12.1. The molecule has 2 aromatic carbocycles. The molecule has 5 nitrogen and oxygen atoms in total. The van der Waals surface area contributed by atoms with E-state index in [1.807, 2.05) is 35.2 Å². The van der Waals surface area contributed by atoms with Crippen LogP contribution in [0.15, 0.2) is 67.0 Å². The smallest absolute Gasteiger partial charge is 0.338 e. The van der Waals surface area contributed by atoms with Crippen LogP contribution in [-0.2, 0) is 4.74 Å². The number of hydrogen-bond acceptors (Lipinski definition) is 4. The number of halogens is 1. The SMILES string of the molecule is COc1ccc(C(=O)COC(=O)c2cccc(-n3cccc3)c2)cc1Cl. The number of hydrogen-bond donors (Lipinski definition) is 0. The van der Waals surface area contributed by atoms with Crippen molar-refractivity contribution >= 4 is 23.4 Å². The molecule has 3 aromatic rings. The molecular formula is C20H16ClNO4. The molecule has 0 unspecified atom stereocenters. The normalized spacial score (nSPS) is 10.4. The van der Waals surface area contributed by atoms with Crippen molar-refractivity contribution in [2.45, 2.75) is 0 Å². The lowest BCUT2D eigenvalue weighted by atomic mass is 10.1. The van der Waals surface area contributed by atoms with Crippen molar-refractivity contribution in [3.05, 3.63) is 83.1 Å². The van der Waals surface area contributed by atoms with Crippen LogP contribution in [0, 0.1) is 0 Å². The van der Waals surface area contributed by atoms with Gasteiger partial charge in [0.2, 0.25) is 0 Å². The largest absolute Gasteiger partial charge is 0.495 e. The van der Waals surface area contributed by atoms with Gasteiger partial charge in [0.15, 0.2) is 12.4 Å². The van der Waals surface area contributed by atoms with E-state index in [-0.39, 0.29) is 12.4 Å². The maximum atomic E-state index is 12.2. The van der Waals surface area contributed by atoms with Crippen molar-refractivity contribution < 1.29 is 19.1 Å². The lowest BCUT2D eigenvalue weighted by molar-refractivity contribution is 0.0474. The fourth-order valence-electron chi connectivity index (χ4n) is 2.44. The van der Waals surface area contributed by atoms with Gasteiger partial charge in [-0.1, -0.05) is 17.7 Å². The molecule has 1 aromatic heterocycles. The number of carbonyl (C=O) groups excluding carboxylic acids is 2. The molecule has 0 atom stereocenters. The summed E-state index contributed by atoms with van der Waals surface area (Å²) in [5, 5.41) is 0.323. The Morgan fingerprint density at radius 1 is 1.00 bits per heavy atom. The van der Waals surface area contributed by atoms with Gasteiger partial charge in [0.25, 0.3) is 0 Å². The molecular weight excluding hydrogens is 354 g/mol. The van der Waals surface area contributed by atoms with Crippen molar-refractivity contribution in [2.75, 3.05) is 13.7 Å². The first kappa shape index (κ1) is 17.8. The molecule has 1 heterocycles. The molecule has 0 amide bonds. The molecule has 0 bridgehead atoms. The summed E-state index contributed by atoms with van der Waals surface area (Å²) in [6.45, 7) is -0.366. The van der Waals surface area contributed by atoms with Gasteiger partial charge < -0.3 is 14.0 Å². The molecule has 3 rings (SSSR count). The Morgan fingerprint density at radius 3 is 2.46 bits per heavy atom. The Hall–Kier alpha value is -3.05. The highest BCUT2D eigenvalue weighted by Gasteiger charge is 2.14. The summed E-state index contributed by atoms with van der Waals surface area (Å²) in [4.78, 5) is 24.4. The van der Waals surface area contributed by atoms with Crippen molar-refractivity contribution in [2.24, 2.45) is 0 Å². The average molecular weight is 370 g/mol. The van der Waals surface area contributed by atoms with E-state index in [4.69, 9.17) is 21.1 Å². The molecule has 132 valence electrons. The summed E-state index contributed by atoms with van der Waals surface area (Å²) >= 11 is 6.01. The summed E-state index contributed by atoms with van der Waals surface area (Å²) in [6.07, 6.45) is 3.75. The van der Waals surface area contributed by atoms with E-state index in [0.717, 1.165) is 5.69 Å². The Kier molecular flexibility index (Phi) is 5.39. The van der Waals surface area contributed by atoms with Crippen molar-refractivity contribution in [1.29, 1.82) is 0 Å². The number of nitrogens with zero attached hydrogens (tertiary/aromatic N) is 1. The molecule has 0 aliphatic carbocycles. The second-order valence-corrected chi connectivity index (χ2v) is 5.90. The number of ketones is 1. The molecule has 6 heteroatoms. The molecule has 0 aliphatic heterocycles. The number of Topliss-reactive ketones (excluding diaryl/α,β-unsaturated/α-hetero) is 1. The summed E-state index contributed by atoms with van der Waals surface area (Å²) in [6, 6.07) is 15.4. The summed E-state index contributed by atoms with van der Waals surface area (Å²) in [5.74, 6) is -0.432. The average Bonchev–Trinajstić information content (AvgIpc) is 3.20. The van der Waals surface area contributed by atoms with E-state index >= 15 is 0 Å².